The van der Waals surface area contributed by atoms with Crippen molar-refractivity contribution in [3.63, 3.8) is 0 Å². The second kappa shape index (κ2) is 5.19. The van der Waals surface area contributed by atoms with Crippen LogP contribution in [-0.4, -0.2) is 23.9 Å². The Bertz CT molecular complexity index is 453. The van der Waals surface area contributed by atoms with Crippen LogP contribution in [0.15, 0.2) is 18.3 Å². The van der Waals surface area contributed by atoms with Crippen LogP contribution in [0, 0.1) is 16.7 Å². The number of aromatic nitrogens is 1. The molecule has 1 fully saturated rings. The van der Waals surface area contributed by atoms with E-state index in [0.29, 0.717) is 11.1 Å². The van der Waals surface area contributed by atoms with Crippen LogP contribution in [-0.2, 0) is 0 Å². The highest BCUT2D eigenvalue weighted by atomic mass is 15.1. The van der Waals surface area contributed by atoms with Gasteiger partial charge in [-0.3, -0.25) is 10.4 Å². The van der Waals surface area contributed by atoms with Crippen molar-refractivity contribution in [2.45, 2.75) is 33.6 Å². The molecule has 0 saturated carbocycles. The zero-order valence-corrected chi connectivity index (χ0v) is 12.1. The smallest absolute Gasteiger partial charge is 0.143 e. The highest BCUT2D eigenvalue weighted by molar-refractivity contribution is 5.98. The third-order valence-corrected chi connectivity index (χ3v) is 4.10. The standard InChI is InChI=1S/C15H24N4/c1-15(2,3)11-6-9-19(10-7-11)12-5-4-8-18-13(12)14(16)17/h4-5,8,11H,6-7,9-10H2,1-3H3,(H3,16,17). The van der Waals surface area contributed by atoms with Gasteiger partial charge in [-0.1, -0.05) is 20.8 Å². The lowest BCUT2D eigenvalue weighted by Crippen LogP contribution is -2.39. The summed E-state index contributed by atoms with van der Waals surface area (Å²) in [5, 5.41) is 7.62. The molecular weight excluding hydrogens is 236 g/mol. The average molecular weight is 260 g/mol. The third kappa shape index (κ3) is 3.06. The van der Waals surface area contributed by atoms with Crippen LogP contribution in [0.25, 0.3) is 0 Å². The molecule has 104 valence electrons. The predicted molar refractivity (Wildman–Crippen MR) is 79.6 cm³/mol. The van der Waals surface area contributed by atoms with E-state index < -0.39 is 0 Å². The van der Waals surface area contributed by atoms with Gasteiger partial charge in [0, 0.05) is 19.3 Å². The van der Waals surface area contributed by atoms with Crippen LogP contribution in [0.5, 0.6) is 0 Å². The Hall–Kier alpha value is -1.58. The summed E-state index contributed by atoms with van der Waals surface area (Å²) in [5.74, 6) is 0.815. The molecular formula is C15H24N4. The fourth-order valence-corrected chi connectivity index (χ4v) is 2.85. The molecule has 3 N–H and O–H groups in total. The number of piperidine rings is 1. The monoisotopic (exact) mass is 260 g/mol. The number of pyridine rings is 1. The molecule has 1 aliphatic rings. The molecule has 19 heavy (non-hydrogen) atoms. The topological polar surface area (TPSA) is 66.0 Å². The van der Waals surface area contributed by atoms with Gasteiger partial charge in [0.05, 0.1) is 5.69 Å². The fraction of sp³-hybridized carbons (Fsp3) is 0.600. The van der Waals surface area contributed by atoms with Gasteiger partial charge in [-0.15, -0.1) is 0 Å². The molecule has 1 aromatic heterocycles. The van der Waals surface area contributed by atoms with E-state index in [1.165, 1.54) is 12.8 Å². The highest BCUT2D eigenvalue weighted by Gasteiger charge is 2.29. The molecule has 0 radical (unpaired) electrons. The molecule has 0 spiro atoms. The molecule has 0 unspecified atom stereocenters. The maximum Gasteiger partial charge on any atom is 0.143 e. The number of anilines is 1. The Morgan fingerprint density at radius 1 is 1.37 bits per heavy atom. The van der Waals surface area contributed by atoms with E-state index in [1.54, 1.807) is 6.20 Å². The molecule has 1 aromatic rings. The number of amidine groups is 1. The van der Waals surface area contributed by atoms with Crippen molar-refractivity contribution >= 4 is 11.5 Å². The van der Waals surface area contributed by atoms with Gasteiger partial charge in [-0.05, 0) is 36.3 Å². The number of hydrogen-bond donors (Lipinski definition) is 2. The summed E-state index contributed by atoms with van der Waals surface area (Å²) in [5.41, 5.74) is 7.60. The average Bonchev–Trinajstić information content (AvgIpc) is 2.38. The molecule has 0 atom stereocenters. The van der Waals surface area contributed by atoms with Crippen molar-refractivity contribution in [2.24, 2.45) is 17.1 Å². The number of hydrogen-bond acceptors (Lipinski definition) is 3. The first kappa shape index (κ1) is 13.8. The summed E-state index contributed by atoms with van der Waals surface area (Å²) in [7, 11) is 0. The van der Waals surface area contributed by atoms with E-state index in [4.69, 9.17) is 11.1 Å². The summed E-state index contributed by atoms with van der Waals surface area (Å²) in [6.07, 6.45) is 4.08. The first-order valence-corrected chi connectivity index (χ1v) is 6.94. The van der Waals surface area contributed by atoms with Crippen LogP contribution in [0.3, 0.4) is 0 Å². The summed E-state index contributed by atoms with van der Waals surface area (Å²) in [6, 6.07) is 3.93. The largest absolute Gasteiger partial charge is 0.382 e. The van der Waals surface area contributed by atoms with E-state index in [-0.39, 0.29) is 5.84 Å². The van der Waals surface area contributed by atoms with Crippen LogP contribution in [0.1, 0.15) is 39.3 Å². The minimum atomic E-state index is 0.0496. The Morgan fingerprint density at radius 3 is 2.53 bits per heavy atom. The van der Waals surface area contributed by atoms with Crippen molar-refractivity contribution in [3.8, 4) is 0 Å². The van der Waals surface area contributed by atoms with Crippen molar-refractivity contribution in [3.05, 3.63) is 24.0 Å². The number of rotatable bonds is 2. The Balaban J connectivity index is 2.12. The van der Waals surface area contributed by atoms with Gasteiger partial charge in [0.25, 0.3) is 0 Å². The minimum Gasteiger partial charge on any atom is -0.382 e. The molecule has 0 aromatic carbocycles. The Kier molecular flexibility index (Phi) is 3.78. The lowest BCUT2D eigenvalue weighted by atomic mass is 9.75. The van der Waals surface area contributed by atoms with Crippen molar-refractivity contribution in [1.29, 1.82) is 5.41 Å². The molecule has 0 bridgehead atoms. The van der Waals surface area contributed by atoms with Gasteiger partial charge in [0.2, 0.25) is 0 Å². The third-order valence-electron chi connectivity index (χ3n) is 4.10. The van der Waals surface area contributed by atoms with Crippen molar-refractivity contribution in [2.75, 3.05) is 18.0 Å². The minimum absolute atomic E-state index is 0.0496. The van der Waals surface area contributed by atoms with Gasteiger partial charge in [0.1, 0.15) is 11.5 Å². The predicted octanol–water partition coefficient (Wildman–Crippen LogP) is 2.63. The summed E-state index contributed by atoms with van der Waals surface area (Å²) < 4.78 is 0. The van der Waals surface area contributed by atoms with Gasteiger partial charge < -0.3 is 10.6 Å². The lowest BCUT2D eigenvalue weighted by Gasteiger charge is -2.40. The lowest BCUT2D eigenvalue weighted by molar-refractivity contribution is 0.199. The van der Waals surface area contributed by atoms with Crippen molar-refractivity contribution < 1.29 is 0 Å². The van der Waals surface area contributed by atoms with E-state index in [0.717, 1.165) is 24.7 Å². The molecule has 1 saturated heterocycles. The normalized spacial score (nSPS) is 17.5. The molecule has 0 amide bonds. The van der Waals surface area contributed by atoms with Crippen LogP contribution < -0.4 is 10.6 Å². The van der Waals surface area contributed by atoms with Crippen LogP contribution in [0.2, 0.25) is 0 Å². The van der Waals surface area contributed by atoms with E-state index in [1.807, 2.05) is 12.1 Å². The Morgan fingerprint density at radius 2 is 2.00 bits per heavy atom. The maximum atomic E-state index is 7.62. The number of nitrogens with zero attached hydrogens (tertiary/aromatic N) is 2. The van der Waals surface area contributed by atoms with E-state index in [2.05, 4.69) is 30.7 Å². The SMILES string of the molecule is CC(C)(C)C1CCN(c2cccnc2C(=N)N)CC1. The molecule has 4 heteroatoms. The zero-order valence-electron chi connectivity index (χ0n) is 12.1. The first-order chi connectivity index (χ1) is 8.89. The van der Waals surface area contributed by atoms with E-state index >= 15 is 0 Å². The zero-order chi connectivity index (χ0) is 14.0. The second-order valence-corrected chi connectivity index (χ2v) is 6.41. The summed E-state index contributed by atoms with van der Waals surface area (Å²) in [4.78, 5) is 6.54. The quantitative estimate of drug-likeness (QED) is 0.634. The second-order valence-electron chi connectivity index (χ2n) is 6.41. The maximum absolute atomic E-state index is 7.62. The van der Waals surface area contributed by atoms with Crippen molar-refractivity contribution in [1.82, 2.24) is 4.98 Å². The van der Waals surface area contributed by atoms with E-state index in [9.17, 15) is 0 Å². The highest BCUT2D eigenvalue weighted by Crippen LogP contribution is 2.35. The van der Waals surface area contributed by atoms with Crippen LogP contribution >= 0.6 is 0 Å². The molecule has 4 nitrogen and oxygen atoms in total. The molecule has 0 aliphatic carbocycles. The molecule has 2 heterocycles. The summed E-state index contributed by atoms with van der Waals surface area (Å²) in [6.45, 7) is 9.00. The molecule has 2 rings (SSSR count). The number of nitrogen functional groups attached to an aromatic ring is 1. The number of nitrogens with one attached hydrogen (secondary N) is 1. The first-order valence-electron chi connectivity index (χ1n) is 6.94. The van der Waals surface area contributed by atoms with Gasteiger partial charge in [-0.2, -0.15) is 0 Å². The van der Waals surface area contributed by atoms with Gasteiger partial charge in [-0.25, -0.2) is 0 Å². The fourth-order valence-electron chi connectivity index (χ4n) is 2.85. The summed E-state index contributed by atoms with van der Waals surface area (Å²) >= 11 is 0. The van der Waals surface area contributed by atoms with Crippen LogP contribution in [0.4, 0.5) is 5.69 Å². The number of nitrogens with two attached hydrogens (primary N) is 1. The molecule has 1 aliphatic heterocycles. The van der Waals surface area contributed by atoms with Gasteiger partial charge >= 0.3 is 0 Å². The Labute approximate surface area is 115 Å². The van der Waals surface area contributed by atoms with Gasteiger partial charge in [0.15, 0.2) is 0 Å².